The Morgan fingerprint density at radius 2 is 2.05 bits per heavy atom. The van der Waals surface area contributed by atoms with Gasteiger partial charge in [0.1, 0.15) is 5.82 Å². The largest absolute Gasteiger partial charge is 0.478 e. The van der Waals surface area contributed by atoms with E-state index in [0.717, 1.165) is 25.0 Å². The molecule has 0 heterocycles. The summed E-state index contributed by atoms with van der Waals surface area (Å²) in [6.45, 7) is 5.08. The molecule has 1 unspecified atom stereocenters. The van der Waals surface area contributed by atoms with Crippen LogP contribution in [0.2, 0.25) is 0 Å². The van der Waals surface area contributed by atoms with E-state index in [4.69, 9.17) is 5.11 Å². The van der Waals surface area contributed by atoms with Crippen molar-refractivity contribution in [2.45, 2.75) is 51.0 Å². The van der Waals surface area contributed by atoms with Crippen LogP contribution in [0.5, 0.6) is 0 Å². The molecule has 0 saturated carbocycles. The fourth-order valence-corrected chi connectivity index (χ4v) is 3.34. The van der Waals surface area contributed by atoms with Crippen LogP contribution < -0.4 is 4.72 Å². The second kappa shape index (κ2) is 7.00. The Morgan fingerprint density at radius 1 is 1.43 bits per heavy atom. The van der Waals surface area contributed by atoms with Gasteiger partial charge in [0.2, 0.25) is 10.0 Å². The highest BCUT2D eigenvalue weighted by Gasteiger charge is 2.22. The Labute approximate surface area is 124 Å². The minimum atomic E-state index is -3.87. The number of sulfonamides is 1. The van der Waals surface area contributed by atoms with Crippen LogP contribution in [0.15, 0.2) is 17.0 Å². The zero-order chi connectivity index (χ0) is 16.2. The number of aromatic carboxylic acids is 1. The van der Waals surface area contributed by atoms with Gasteiger partial charge in [0, 0.05) is 6.04 Å². The van der Waals surface area contributed by atoms with Crippen molar-refractivity contribution in [2.75, 3.05) is 0 Å². The summed E-state index contributed by atoms with van der Waals surface area (Å²) in [6.07, 6.45) is 2.51. The van der Waals surface area contributed by atoms with E-state index in [0.29, 0.717) is 6.42 Å². The van der Waals surface area contributed by atoms with Crippen LogP contribution in [0.4, 0.5) is 4.39 Å². The maximum absolute atomic E-state index is 13.7. The number of carboxylic acids is 1. The van der Waals surface area contributed by atoms with Gasteiger partial charge < -0.3 is 5.11 Å². The molecule has 118 valence electrons. The summed E-state index contributed by atoms with van der Waals surface area (Å²) in [6, 6.07) is 1.71. The van der Waals surface area contributed by atoms with Gasteiger partial charge in [0.25, 0.3) is 0 Å². The smallest absolute Gasteiger partial charge is 0.338 e. The van der Waals surface area contributed by atoms with Crippen molar-refractivity contribution in [3.05, 3.63) is 29.1 Å². The van der Waals surface area contributed by atoms with E-state index in [1.165, 1.54) is 6.92 Å². The molecule has 0 aliphatic carbocycles. The number of nitrogens with one attached hydrogen (secondary N) is 1. The Bertz CT molecular complexity index is 628. The number of unbranched alkanes of at least 4 members (excludes halogenated alkanes) is 1. The first kappa shape index (κ1) is 17.6. The van der Waals surface area contributed by atoms with Crippen molar-refractivity contribution in [3.63, 3.8) is 0 Å². The molecule has 0 radical (unpaired) electrons. The highest BCUT2D eigenvalue weighted by atomic mass is 32.2. The van der Waals surface area contributed by atoms with Gasteiger partial charge in [-0.2, -0.15) is 0 Å². The van der Waals surface area contributed by atoms with Crippen molar-refractivity contribution >= 4 is 16.0 Å². The number of carboxylic acid groups (broad SMARTS) is 1. The first-order valence-corrected chi connectivity index (χ1v) is 8.23. The molecule has 0 aliphatic rings. The molecule has 0 fully saturated rings. The molecule has 0 aromatic heterocycles. The number of halogens is 1. The molecular weight excluding hydrogens is 297 g/mol. The fraction of sp³-hybridized carbons (Fsp3) is 0.500. The van der Waals surface area contributed by atoms with Gasteiger partial charge in [-0.15, -0.1) is 0 Å². The maximum atomic E-state index is 13.7. The Hall–Kier alpha value is -1.47. The normalized spacial score (nSPS) is 13.1. The van der Waals surface area contributed by atoms with Crippen molar-refractivity contribution in [2.24, 2.45) is 0 Å². The first-order chi connectivity index (χ1) is 9.69. The number of hydrogen-bond donors (Lipinski definition) is 2. The maximum Gasteiger partial charge on any atom is 0.338 e. The van der Waals surface area contributed by atoms with E-state index >= 15 is 0 Å². The average Bonchev–Trinajstić information content (AvgIpc) is 2.38. The molecule has 0 amide bonds. The summed E-state index contributed by atoms with van der Waals surface area (Å²) < 4.78 is 40.6. The van der Waals surface area contributed by atoms with E-state index in [9.17, 15) is 17.6 Å². The molecular formula is C14H20FNO4S. The van der Waals surface area contributed by atoms with Crippen LogP contribution in [0.25, 0.3) is 0 Å². The van der Waals surface area contributed by atoms with Gasteiger partial charge in [0.05, 0.1) is 10.5 Å². The lowest BCUT2D eigenvalue weighted by molar-refractivity contribution is 0.0691. The van der Waals surface area contributed by atoms with Crippen LogP contribution in [0.1, 0.15) is 49.0 Å². The lowest BCUT2D eigenvalue weighted by atomic mass is 10.1. The highest BCUT2D eigenvalue weighted by Crippen LogP contribution is 2.20. The summed E-state index contributed by atoms with van der Waals surface area (Å²) in [5.74, 6) is -2.41. The van der Waals surface area contributed by atoms with Crippen LogP contribution >= 0.6 is 0 Å². The molecule has 21 heavy (non-hydrogen) atoms. The third kappa shape index (κ3) is 4.50. The van der Waals surface area contributed by atoms with E-state index in [2.05, 4.69) is 4.72 Å². The van der Waals surface area contributed by atoms with Crippen molar-refractivity contribution in [1.29, 1.82) is 0 Å². The standard InChI is InChI=1S/C14H20FNO4S/c1-4-5-6-10(3)16-21(19,20)11-7-9(2)13(15)12(8-11)14(17)18/h7-8,10,16H,4-6H2,1-3H3,(H,17,18). The SMILES string of the molecule is CCCCC(C)NS(=O)(=O)c1cc(C)c(F)c(C(=O)O)c1. The Balaban J connectivity index is 3.12. The van der Waals surface area contributed by atoms with Crippen molar-refractivity contribution in [3.8, 4) is 0 Å². The van der Waals surface area contributed by atoms with E-state index in [-0.39, 0.29) is 16.5 Å². The molecule has 1 rings (SSSR count). The lowest BCUT2D eigenvalue weighted by Crippen LogP contribution is -2.32. The molecule has 1 atom stereocenters. The third-order valence-corrected chi connectivity index (χ3v) is 4.68. The van der Waals surface area contributed by atoms with Crippen LogP contribution in [0.3, 0.4) is 0 Å². The summed E-state index contributed by atoms with van der Waals surface area (Å²) in [7, 11) is -3.87. The molecule has 0 aliphatic heterocycles. The van der Waals surface area contributed by atoms with Gasteiger partial charge in [-0.05, 0) is 38.0 Å². The molecule has 0 spiro atoms. The van der Waals surface area contributed by atoms with Gasteiger partial charge in [-0.1, -0.05) is 19.8 Å². The average molecular weight is 317 g/mol. The monoisotopic (exact) mass is 317 g/mol. The third-order valence-electron chi connectivity index (χ3n) is 3.12. The molecule has 0 bridgehead atoms. The predicted molar refractivity (Wildman–Crippen MR) is 77.4 cm³/mol. The lowest BCUT2D eigenvalue weighted by Gasteiger charge is -2.15. The van der Waals surface area contributed by atoms with Gasteiger partial charge in [-0.25, -0.2) is 22.3 Å². The van der Waals surface area contributed by atoms with Gasteiger partial charge in [0.15, 0.2) is 0 Å². The first-order valence-electron chi connectivity index (χ1n) is 6.74. The molecule has 1 aromatic carbocycles. The molecule has 5 nitrogen and oxygen atoms in total. The second-order valence-electron chi connectivity index (χ2n) is 5.07. The topological polar surface area (TPSA) is 83.5 Å². The van der Waals surface area contributed by atoms with E-state index < -0.39 is 27.4 Å². The number of benzene rings is 1. The van der Waals surface area contributed by atoms with Gasteiger partial charge in [-0.3, -0.25) is 0 Å². The minimum absolute atomic E-state index is 0.0171. The molecule has 7 heteroatoms. The quantitative estimate of drug-likeness (QED) is 0.810. The summed E-state index contributed by atoms with van der Waals surface area (Å²) in [4.78, 5) is 10.7. The second-order valence-corrected chi connectivity index (χ2v) is 6.79. The predicted octanol–water partition coefficient (Wildman–Crippen LogP) is 2.69. The van der Waals surface area contributed by atoms with E-state index in [1.54, 1.807) is 6.92 Å². The number of aryl methyl sites for hydroxylation is 1. The van der Waals surface area contributed by atoms with Crippen LogP contribution in [0, 0.1) is 12.7 Å². The fourth-order valence-electron chi connectivity index (χ4n) is 1.95. The Kier molecular flexibility index (Phi) is 5.86. The highest BCUT2D eigenvalue weighted by molar-refractivity contribution is 7.89. The molecule has 0 saturated heterocycles. The summed E-state index contributed by atoms with van der Waals surface area (Å²) in [5, 5.41) is 8.92. The summed E-state index contributed by atoms with van der Waals surface area (Å²) >= 11 is 0. The van der Waals surface area contributed by atoms with Crippen LogP contribution in [-0.4, -0.2) is 25.5 Å². The summed E-state index contributed by atoms with van der Waals surface area (Å²) in [5.41, 5.74) is -0.659. The van der Waals surface area contributed by atoms with Crippen LogP contribution in [-0.2, 0) is 10.0 Å². The zero-order valence-electron chi connectivity index (χ0n) is 12.3. The van der Waals surface area contributed by atoms with E-state index in [1.807, 2.05) is 6.92 Å². The van der Waals surface area contributed by atoms with Gasteiger partial charge >= 0.3 is 5.97 Å². The minimum Gasteiger partial charge on any atom is -0.478 e. The Morgan fingerprint density at radius 3 is 2.57 bits per heavy atom. The number of rotatable bonds is 7. The molecule has 2 N–H and O–H groups in total. The van der Waals surface area contributed by atoms with Crippen molar-refractivity contribution in [1.82, 2.24) is 4.72 Å². The number of hydrogen-bond acceptors (Lipinski definition) is 3. The number of carbonyl (C=O) groups is 1. The molecule has 1 aromatic rings. The van der Waals surface area contributed by atoms with Crippen molar-refractivity contribution < 1.29 is 22.7 Å². The zero-order valence-corrected chi connectivity index (χ0v) is 13.1.